The molecular weight excluding hydrogens is 430 g/mol. The van der Waals surface area contributed by atoms with Gasteiger partial charge in [-0.2, -0.15) is 0 Å². The molecule has 1 unspecified atom stereocenters. The lowest BCUT2D eigenvalue weighted by Gasteiger charge is -2.32. The van der Waals surface area contributed by atoms with Gasteiger partial charge in [-0.3, -0.25) is 9.00 Å². The van der Waals surface area contributed by atoms with E-state index >= 15 is 0 Å². The predicted molar refractivity (Wildman–Crippen MR) is 134 cm³/mol. The molecule has 1 atom stereocenters. The van der Waals surface area contributed by atoms with Crippen molar-refractivity contribution in [2.24, 2.45) is 5.92 Å². The topological polar surface area (TPSA) is 46.6 Å². The summed E-state index contributed by atoms with van der Waals surface area (Å²) < 4.78 is 18.4. The van der Waals surface area contributed by atoms with Gasteiger partial charge >= 0.3 is 0 Å². The Hall–Kier alpha value is -2.92. The first-order valence-corrected chi connectivity index (χ1v) is 12.9. The summed E-state index contributed by atoms with van der Waals surface area (Å²) in [7, 11) is 0.323. The Bertz CT molecular complexity index is 1090. The lowest BCUT2D eigenvalue weighted by atomic mass is 9.90. The molecule has 0 N–H and O–H groups in total. The van der Waals surface area contributed by atoms with Crippen LogP contribution < -0.4 is 4.74 Å². The number of methoxy groups -OCH3 is 1. The standard InChI is InChI=1S/C28H31NO3S/c1-32-25-11-7-8-23(20-25)15-14-22-16-18-29(19-17-22)28(30)21-33(31)27-13-6-5-12-26(27)24-9-3-2-4-10-24/h2-13,20,22H,14-19,21H2,1H3. The lowest BCUT2D eigenvalue weighted by Crippen LogP contribution is -2.40. The lowest BCUT2D eigenvalue weighted by molar-refractivity contribution is -0.129. The number of rotatable bonds is 8. The van der Waals surface area contributed by atoms with Crippen LogP contribution in [0.3, 0.4) is 0 Å². The van der Waals surface area contributed by atoms with E-state index in [0.29, 0.717) is 5.92 Å². The van der Waals surface area contributed by atoms with Gasteiger partial charge in [0.2, 0.25) is 5.91 Å². The molecule has 4 nitrogen and oxygen atoms in total. The zero-order valence-corrected chi connectivity index (χ0v) is 19.9. The van der Waals surface area contributed by atoms with Gasteiger partial charge in [0.15, 0.2) is 0 Å². The molecule has 0 radical (unpaired) electrons. The minimum absolute atomic E-state index is 0.0116. The molecule has 3 aromatic rings. The Kier molecular flexibility index (Phi) is 7.95. The quantitative estimate of drug-likeness (QED) is 0.455. The molecule has 3 aromatic carbocycles. The molecule has 172 valence electrons. The molecule has 0 spiro atoms. The SMILES string of the molecule is COc1cccc(CCC2CCN(C(=O)CS(=O)c3ccccc3-c3ccccc3)CC2)c1. The van der Waals surface area contributed by atoms with Gasteiger partial charge in [0.1, 0.15) is 11.5 Å². The highest BCUT2D eigenvalue weighted by atomic mass is 32.2. The van der Waals surface area contributed by atoms with E-state index in [4.69, 9.17) is 4.74 Å². The van der Waals surface area contributed by atoms with Crippen LogP contribution in [0.15, 0.2) is 83.8 Å². The van der Waals surface area contributed by atoms with E-state index in [-0.39, 0.29) is 11.7 Å². The second-order valence-electron chi connectivity index (χ2n) is 8.57. The number of benzene rings is 3. The second kappa shape index (κ2) is 11.3. The van der Waals surface area contributed by atoms with E-state index < -0.39 is 10.8 Å². The van der Waals surface area contributed by atoms with Crippen molar-refractivity contribution in [2.75, 3.05) is 26.0 Å². The van der Waals surface area contributed by atoms with Crippen LogP contribution in [0.5, 0.6) is 5.75 Å². The molecule has 5 heteroatoms. The molecule has 0 saturated carbocycles. The molecule has 0 bridgehead atoms. The van der Waals surface area contributed by atoms with Crippen LogP contribution in [-0.4, -0.2) is 41.0 Å². The van der Waals surface area contributed by atoms with Gasteiger partial charge in [0, 0.05) is 18.0 Å². The monoisotopic (exact) mass is 461 g/mol. The summed E-state index contributed by atoms with van der Waals surface area (Å²) in [5, 5.41) is 0. The van der Waals surface area contributed by atoms with Crippen molar-refractivity contribution in [3.63, 3.8) is 0 Å². The molecule has 1 heterocycles. The van der Waals surface area contributed by atoms with Crippen LogP contribution >= 0.6 is 0 Å². The molecule has 1 amide bonds. The van der Waals surface area contributed by atoms with Gasteiger partial charge in [0.25, 0.3) is 0 Å². The molecule has 1 fully saturated rings. The van der Waals surface area contributed by atoms with Crippen molar-refractivity contribution in [1.29, 1.82) is 0 Å². The van der Waals surface area contributed by atoms with Crippen LogP contribution in [0.1, 0.15) is 24.8 Å². The van der Waals surface area contributed by atoms with Crippen molar-refractivity contribution in [2.45, 2.75) is 30.6 Å². The predicted octanol–water partition coefficient (Wildman–Crippen LogP) is 5.34. The number of nitrogens with zero attached hydrogens (tertiary/aromatic N) is 1. The van der Waals surface area contributed by atoms with Crippen molar-refractivity contribution in [3.8, 4) is 16.9 Å². The van der Waals surface area contributed by atoms with E-state index in [1.54, 1.807) is 7.11 Å². The van der Waals surface area contributed by atoms with Gasteiger partial charge in [-0.25, -0.2) is 0 Å². The third-order valence-electron chi connectivity index (χ3n) is 6.41. The molecule has 0 aliphatic carbocycles. The fourth-order valence-electron chi connectivity index (χ4n) is 4.47. The summed E-state index contributed by atoms with van der Waals surface area (Å²) in [6, 6.07) is 25.8. The van der Waals surface area contributed by atoms with Crippen LogP contribution in [0.4, 0.5) is 0 Å². The maximum atomic E-state index is 13.1. The zero-order valence-electron chi connectivity index (χ0n) is 19.1. The molecule has 1 aliphatic rings. The van der Waals surface area contributed by atoms with Crippen LogP contribution in [-0.2, 0) is 22.0 Å². The maximum Gasteiger partial charge on any atom is 0.235 e. The Labute approximate surface area is 199 Å². The number of aryl methyl sites for hydroxylation is 1. The fourth-order valence-corrected chi connectivity index (χ4v) is 5.70. The number of carbonyl (C=O) groups excluding carboxylic acids is 1. The molecular formula is C28H31NO3S. The Morgan fingerprint density at radius 3 is 2.45 bits per heavy atom. The smallest absolute Gasteiger partial charge is 0.235 e. The van der Waals surface area contributed by atoms with E-state index in [1.165, 1.54) is 5.56 Å². The van der Waals surface area contributed by atoms with Crippen LogP contribution in [0, 0.1) is 5.92 Å². The minimum Gasteiger partial charge on any atom is -0.497 e. The van der Waals surface area contributed by atoms with Gasteiger partial charge in [-0.1, -0.05) is 60.7 Å². The van der Waals surface area contributed by atoms with E-state index in [0.717, 1.165) is 60.5 Å². The average Bonchev–Trinajstić information content (AvgIpc) is 2.88. The second-order valence-corrected chi connectivity index (χ2v) is 9.99. The number of hydrogen-bond acceptors (Lipinski definition) is 3. The van der Waals surface area contributed by atoms with E-state index in [2.05, 4.69) is 12.1 Å². The molecule has 1 saturated heterocycles. The first kappa shape index (κ1) is 23.2. The normalized spacial score (nSPS) is 15.2. The summed E-state index contributed by atoms with van der Waals surface area (Å²) in [4.78, 5) is 15.5. The Morgan fingerprint density at radius 2 is 1.70 bits per heavy atom. The average molecular weight is 462 g/mol. The molecule has 33 heavy (non-hydrogen) atoms. The summed E-state index contributed by atoms with van der Waals surface area (Å²) in [6.45, 7) is 1.50. The summed E-state index contributed by atoms with van der Waals surface area (Å²) in [6.07, 6.45) is 4.15. The Balaban J connectivity index is 1.29. The minimum atomic E-state index is -1.37. The number of hydrogen-bond donors (Lipinski definition) is 0. The first-order valence-electron chi connectivity index (χ1n) is 11.6. The van der Waals surface area contributed by atoms with Crippen molar-refractivity contribution in [1.82, 2.24) is 4.90 Å². The summed E-state index contributed by atoms with van der Waals surface area (Å²) in [5.41, 5.74) is 3.24. The third kappa shape index (κ3) is 6.11. The number of amides is 1. The largest absolute Gasteiger partial charge is 0.497 e. The summed E-state index contributed by atoms with van der Waals surface area (Å²) in [5.74, 6) is 1.54. The van der Waals surface area contributed by atoms with Crippen LogP contribution in [0.25, 0.3) is 11.1 Å². The van der Waals surface area contributed by atoms with Crippen molar-refractivity contribution >= 4 is 16.7 Å². The van der Waals surface area contributed by atoms with Crippen molar-refractivity contribution < 1.29 is 13.7 Å². The fraction of sp³-hybridized carbons (Fsp3) is 0.321. The van der Waals surface area contributed by atoms with Crippen molar-refractivity contribution in [3.05, 3.63) is 84.4 Å². The number of ether oxygens (including phenoxy) is 1. The molecule has 1 aliphatic heterocycles. The van der Waals surface area contributed by atoms with Gasteiger partial charge in [-0.05, 0) is 66.5 Å². The van der Waals surface area contributed by atoms with Gasteiger partial charge in [0.05, 0.1) is 17.9 Å². The zero-order chi connectivity index (χ0) is 23.0. The Morgan fingerprint density at radius 1 is 0.970 bits per heavy atom. The maximum absolute atomic E-state index is 13.1. The number of likely N-dealkylation sites (tertiary alicyclic amines) is 1. The highest BCUT2D eigenvalue weighted by molar-refractivity contribution is 7.86. The van der Waals surface area contributed by atoms with Gasteiger partial charge in [-0.15, -0.1) is 0 Å². The highest BCUT2D eigenvalue weighted by Gasteiger charge is 2.24. The third-order valence-corrected chi connectivity index (χ3v) is 7.77. The molecule has 0 aromatic heterocycles. The number of piperidine rings is 1. The highest BCUT2D eigenvalue weighted by Crippen LogP contribution is 2.27. The van der Waals surface area contributed by atoms with E-state index in [9.17, 15) is 9.00 Å². The van der Waals surface area contributed by atoms with E-state index in [1.807, 2.05) is 71.6 Å². The number of carbonyl (C=O) groups is 1. The summed E-state index contributed by atoms with van der Waals surface area (Å²) >= 11 is 0. The molecule has 4 rings (SSSR count). The first-order chi connectivity index (χ1) is 16.1. The van der Waals surface area contributed by atoms with Gasteiger partial charge < -0.3 is 9.64 Å². The van der Waals surface area contributed by atoms with Crippen LogP contribution in [0.2, 0.25) is 0 Å².